The van der Waals surface area contributed by atoms with E-state index in [1.165, 1.54) is 24.8 Å². The Bertz CT molecular complexity index is 386. The molecule has 1 fully saturated rings. The largest absolute Gasteiger partial charge is 0.381 e. The summed E-state index contributed by atoms with van der Waals surface area (Å²) in [6, 6.07) is 8.80. The minimum Gasteiger partial charge on any atom is -0.381 e. The summed E-state index contributed by atoms with van der Waals surface area (Å²) in [6.45, 7) is 4.13. The fourth-order valence-electron chi connectivity index (χ4n) is 2.65. The molecule has 2 heteroatoms. The maximum atomic E-state index is 5.62. The molecule has 0 amide bonds. The Balaban J connectivity index is 1.23. The van der Waals surface area contributed by atoms with Crippen molar-refractivity contribution in [2.24, 2.45) is 5.92 Å². The van der Waals surface area contributed by atoms with Crippen LogP contribution in [0, 0.1) is 5.92 Å². The molecule has 0 aromatic heterocycles. The molecule has 1 saturated carbocycles. The molecule has 0 bridgehead atoms. The summed E-state index contributed by atoms with van der Waals surface area (Å²) >= 11 is 0. The zero-order valence-corrected chi connectivity index (χ0v) is 11.0. The van der Waals surface area contributed by atoms with Gasteiger partial charge in [-0.3, -0.25) is 0 Å². The van der Waals surface area contributed by atoms with Gasteiger partial charge in [0.2, 0.25) is 0 Å². The topological polar surface area (TPSA) is 21.3 Å². The molecule has 1 aromatic rings. The highest BCUT2D eigenvalue weighted by molar-refractivity contribution is 5.40. The van der Waals surface area contributed by atoms with Crippen LogP contribution in [0.2, 0.25) is 0 Å². The minimum absolute atomic E-state index is 0.744. The maximum absolute atomic E-state index is 5.62. The van der Waals surface area contributed by atoms with Crippen LogP contribution in [-0.2, 0) is 11.2 Å². The molecule has 0 heterocycles. The first-order valence-electron chi connectivity index (χ1n) is 7.30. The summed E-state index contributed by atoms with van der Waals surface area (Å²) in [6.07, 6.45) is 5.17. The van der Waals surface area contributed by atoms with Crippen molar-refractivity contribution < 1.29 is 4.74 Å². The molecule has 3 rings (SSSR count). The molecule has 2 aliphatic rings. The van der Waals surface area contributed by atoms with Crippen LogP contribution >= 0.6 is 0 Å². The van der Waals surface area contributed by atoms with Crippen LogP contribution in [0.15, 0.2) is 24.3 Å². The van der Waals surface area contributed by atoms with Crippen molar-refractivity contribution in [3.05, 3.63) is 35.4 Å². The summed E-state index contributed by atoms with van der Waals surface area (Å²) in [5.41, 5.74) is 3.09. The molecule has 0 spiro atoms. The molecule has 1 N–H and O–H groups in total. The van der Waals surface area contributed by atoms with E-state index < -0.39 is 0 Å². The van der Waals surface area contributed by atoms with Gasteiger partial charge in [0.1, 0.15) is 0 Å². The lowest BCUT2D eigenvalue weighted by Crippen LogP contribution is -2.30. The molecule has 1 unspecified atom stereocenters. The van der Waals surface area contributed by atoms with Crippen LogP contribution in [0.4, 0.5) is 0 Å². The van der Waals surface area contributed by atoms with E-state index in [-0.39, 0.29) is 0 Å². The van der Waals surface area contributed by atoms with Crippen molar-refractivity contribution in [1.82, 2.24) is 5.32 Å². The van der Waals surface area contributed by atoms with Crippen LogP contribution in [0.25, 0.3) is 0 Å². The summed E-state index contributed by atoms with van der Waals surface area (Å²) in [4.78, 5) is 0. The van der Waals surface area contributed by atoms with E-state index in [2.05, 4.69) is 29.6 Å². The number of benzene rings is 1. The highest BCUT2D eigenvalue weighted by atomic mass is 16.5. The lowest BCUT2D eigenvalue weighted by Gasteiger charge is -2.30. The predicted molar refractivity (Wildman–Crippen MR) is 73.9 cm³/mol. The highest BCUT2D eigenvalue weighted by Crippen LogP contribution is 2.33. The van der Waals surface area contributed by atoms with Gasteiger partial charge in [0.15, 0.2) is 0 Å². The second-order valence-corrected chi connectivity index (χ2v) is 5.68. The average Bonchev–Trinajstić information content (AvgIpc) is 3.17. The van der Waals surface area contributed by atoms with Gasteiger partial charge in [0.05, 0.1) is 0 Å². The van der Waals surface area contributed by atoms with Crippen molar-refractivity contribution in [2.75, 3.05) is 26.3 Å². The van der Waals surface area contributed by atoms with Gasteiger partial charge in [-0.25, -0.2) is 0 Å². The monoisotopic (exact) mass is 245 g/mol. The first kappa shape index (κ1) is 12.2. The lowest BCUT2D eigenvalue weighted by atomic mass is 9.77. The first-order valence-corrected chi connectivity index (χ1v) is 7.30. The van der Waals surface area contributed by atoms with Gasteiger partial charge in [-0.05, 0) is 49.3 Å². The molecular formula is C16H23NO. The lowest BCUT2D eigenvalue weighted by molar-refractivity contribution is 0.122. The highest BCUT2D eigenvalue weighted by Gasteiger charge is 2.24. The van der Waals surface area contributed by atoms with Gasteiger partial charge in [-0.1, -0.05) is 24.3 Å². The fraction of sp³-hybridized carbons (Fsp3) is 0.625. The normalized spacial score (nSPS) is 21.4. The third kappa shape index (κ3) is 3.12. The summed E-state index contributed by atoms with van der Waals surface area (Å²) in [5.74, 6) is 1.64. The Morgan fingerprint density at radius 3 is 2.94 bits per heavy atom. The maximum Gasteiger partial charge on any atom is 0.0494 e. The number of fused-ring (bicyclic) bond motifs is 1. The smallest absolute Gasteiger partial charge is 0.0494 e. The molecule has 98 valence electrons. The Labute approximate surface area is 110 Å². The molecule has 18 heavy (non-hydrogen) atoms. The van der Waals surface area contributed by atoms with Crippen molar-refractivity contribution in [3.8, 4) is 0 Å². The standard InChI is InChI=1S/C16H23NO/c1-2-5-16-14(4-1)10-15(16)11-17-8-3-9-18-12-13-6-7-13/h1-2,4-5,13,15,17H,3,6-12H2. The SMILES string of the molecule is c1ccc2c(c1)CC2CNCCCOCC1CC1. The van der Waals surface area contributed by atoms with Crippen LogP contribution in [-0.4, -0.2) is 26.3 Å². The molecule has 0 aliphatic heterocycles. The van der Waals surface area contributed by atoms with Crippen LogP contribution < -0.4 is 5.32 Å². The van der Waals surface area contributed by atoms with E-state index in [4.69, 9.17) is 4.74 Å². The Kier molecular flexibility index (Phi) is 3.96. The summed E-state index contributed by atoms with van der Waals surface area (Å²) in [7, 11) is 0. The van der Waals surface area contributed by atoms with Crippen molar-refractivity contribution in [3.63, 3.8) is 0 Å². The second kappa shape index (κ2) is 5.85. The van der Waals surface area contributed by atoms with Gasteiger partial charge < -0.3 is 10.1 Å². The third-order valence-corrected chi connectivity index (χ3v) is 4.04. The molecule has 1 atom stereocenters. The van der Waals surface area contributed by atoms with E-state index in [0.717, 1.165) is 44.6 Å². The van der Waals surface area contributed by atoms with Crippen LogP contribution in [0.5, 0.6) is 0 Å². The Morgan fingerprint density at radius 2 is 2.11 bits per heavy atom. The summed E-state index contributed by atoms with van der Waals surface area (Å²) in [5, 5.41) is 3.55. The van der Waals surface area contributed by atoms with Gasteiger partial charge in [0, 0.05) is 25.7 Å². The molecule has 0 radical (unpaired) electrons. The van der Waals surface area contributed by atoms with Crippen molar-refractivity contribution in [2.45, 2.75) is 31.6 Å². The quantitative estimate of drug-likeness (QED) is 0.711. The predicted octanol–water partition coefficient (Wildman–Crippen LogP) is 2.73. The van der Waals surface area contributed by atoms with Crippen LogP contribution in [0.1, 0.15) is 36.3 Å². The molecule has 2 nitrogen and oxygen atoms in total. The average molecular weight is 245 g/mol. The van der Waals surface area contributed by atoms with Gasteiger partial charge in [-0.15, -0.1) is 0 Å². The summed E-state index contributed by atoms with van der Waals surface area (Å²) < 4.78 is 5.62. The Morgan fingerprint density at radius 1 is 1.22 bits per heavy atom. The molecular weight excluding hydrogens is 222 g/mol. The van der Waals surface area contributed by atoms with Crippen LogP contribution in [0.3, 0.4) is 0 Å². The van der Waals surface area contributed by atoms with E-state index in [0.29, 0.717) is 0 Å². The van der Waals surface area contributed by atoms with E-state index in [1.54, 1.807) is 5.56 Å². The number of hydrogen-bond donors (Lipinski definition) is 1. The minimum atomic E-state index is 0.744. The van der Waals surface area contributed by atoms with Gasteiger partial charge in [0.25, 0.3) is 0 Å². The zero-order chi connectivity index (χ0) is 12.2. The second-order valence-electron chi connectivity index (χ2n) is 5.68. The Hall–Kier alpha value is -0.860. The van der Waals surface area contributed by atoms with E-state index in [9.17, 15) is 0 Å². The van der Waals surface area contributed by atoms with Crippen molar-refractivity contribution >= 4 is 0 Å². The fourth-order valence-corrected chi connectivity index (χ4v) is 2.65. The number of rotatable bonds is 8. The number of nitrogens with one attached hydrogen (secondary N) is 1. The zero-order valence-electron chi connectivity index (χ0n) is 11.0. The molecule has 2 aliphatic carbocycles. The number of ether oxygens (including phenoxy) is 1. The van der Waals surface area contributed by atoms with Crippen molar-refractivity contribution in [1.29, 1.82) is 0 Å². The third-order valence-electron chi connectivity index (χ3n) is 4.04. The van der Waals surface area contributed by atoms with Gasteiger partial charge in [-0.2, -0.15) is 0 Å². The van der Waals surface area contributed by atoms with E-state index >= 15 is 0 Å². The first-order chi connectivity index (χ1) is 8.93. The van der Waals surface area contributed by atoms with E-state index in [1.807, 2.05) is 0 Å². The molecule has 1 aromatic carbocycles. The number of hydrogen-bond acceptors (Lipinski definition) is 2. The molecule has 0 saturated heterocycles. The van der Waals surface area contributed by atoms with Gasteiger partial charge >= 0.3 is 0 Å².